The maximum Gasteiger partial charge on any atom is 0.416 e. The summed E-state index contributed by atoms with van der Waals surface area (Å²) in [6, 6.07) is 16.0. The zero-order chi connectivity index (χ0) is 30.8. The number of hydrogen-bond acceptors (Lipinski definition) is 2. The van der Waals surface area contributed by atoms with Crippen molar-refractivity contribution in [3.05, 3.63) is 93.5 Å². The Morgan fingerprint density at radius 1 is 0.762 bits per heavy atom. The first-order chi connectivity index (χ1) is 19.8. The van der Waals surface area contributed by atoms with E-state index in [9.17, 15) is 13.2 Å². The van der Waals surface area contributed by atoms with Crippen molar-refractivity contribution >= 4 is 23.0 Å². The van der Waals surface area contributed by atoms with Crippen molar-refractivity contribution < 1.29 is 13.2 Å². The molecule has 0 saturated carbocycles. The predicted octanol–water partition coefficient (Wildman–Crippen LogP) is 9.67. The molecule has 0 bridgehead atoms. The van der Waals surface area contributed by atoms with E-state index < -0.39 is 11.7 Å². The summed E-state index contributed by atoms with van der Waals surface area (Å²) in [4.78, 5) is 14.8. The standard InChI is InChI=1S/C35H43F3N4/c1-22(2)30-11-9-12-31(23(3)4)33(30)39-27(8)41-17-10-18-42(21-41)34(28-13-15-29(16-14-28)35(36,37)38)40-32-25(6)19-24(5)20-26(32)7/h9,11-16,19-20,22-23H,10,17-18,21H2,1-8H3. The van der Waals surface area contributed by atoms with Gasteiger partial charge in [-0.15, -0.1) is 0 Å². The normalized spacial score (nSPS) is 15.3. The van der Waals surface area contributed by atoms with E-state index in [1.807, 2.05) is 20.8 Å². The molecule has 0 atom stereocenters. The van der Waals surface area contributed by atoms with Crippen molar-refractivity contribution in [3.63, 3.8) is 0 Å². The second kappa shape index (κ2) is 12.7. The van der Waals surface area contributed by atoms with Gasteiger partial charge in [0.2, 0.25) is 0 Å². The number of aryl methyl sites for hydroxylation is 3. The van der Waals surface area contributed by atoms with Gasteiger partial charge in [-0.3, -0.25) is 0 Å². The molecule has 0 aromatic heterocycles. The molecule has 7 heteroatoms. The van der Waals surface area contributed by atoms with Gasteiger partial charge in [0.1, 0.15) is 11.7 Å². The highest BCUT2D eigenvalue weighted by molar-refractivity contribution is 6.01. The lowest BCUT2D eigenvalue weighted by Gasteiger charge is -2.39. The van der Waals surface area contributed by atoms with Crippen LogP contribution in [0.5, 0.6) is 0 Å². The van der Waals surface area contributed by atoms with Crippen LogP contribution >= 0.6 is 0 Å². The van der Waals surface area contributed by atoms with Crippen molar-refractivity contribution in [1.82, 2.24) is 9.80 Å². The molecule has 3 aromatic rings. The number of amidine groups is 2. The van der Waals surface area contributed by atoms with Crippen LogP contribution in [0, 0.1) is 20.8 Å². The Kier molecular flexibility index (Phi) is 9.49. The molecule has 0 aliphatic carbocycles. The second-order valence-electron chi connectivity index (χ2n) is 12.0. The first kappa shape index (κ1) is 31.3. The zero-order valence-corrected chi connectivity index (χ0v) is 26.1. The highest BCUT2D eigenvalue weighted by Gasteiger charge is 2.31. The molecule has 1 aliphatic rings. The highest BCUT2D eigenvalue weighted by atomic mass is 19.4. The van der Waals surface area contributed by atoms with Gasteiger partial charge in [0.05, 0.1) is 23.6 Å². The molecule has 1 heterocycles. The van der Waals surface area contributed by atoms with Crippen LogP contribution in [0.25, 0.3) is 0 Å². The summed E-state index contributed by atoms with van der Waals surface area (Å²) < 4.78 is 40.1. The minimum atomic E-state index is -4.39. The first-order valence-electron chi connectivity index (χ1n) is 14.8. The Labute approximate surface area is 249 Å². The fourth-order valence-electron chi connectivity index (χ4n) is 5.69. The Bertz CT molecular complexity index is 1420. The third-order valence-corrected chi connectivity index (χ3v) is 7.89. The molecule has 0 N–H and O–H groups in total. The molecule has 1 saturated heterocycles. The molecule has 224 valence electrons. The van der Waals surface area contributed by atoms with E-state index in [0.717, 1.165) is 65.5 Å². The van der Waals surface area contributed by atoms with E-state index in [1.54, 1.807) is 0 Å². The summed E-state index contributed by atoms with van der Waals surface area (Å²) in [5.41, 5.74) is 7.57. The highest BCUT2D eigenvalue weighted by Crippen LogP contribution is 2.35. The fourth-order valence-corrected chi connectivity index (χ4v) is 5.69. The van der Waals surface area contributed by atoms with Gasteiger partial charge in [0.25, 0.3) is 0 Å². The summed E-state index contributed by atoms with van der Waals surface area (Å²) in [5, 5.41) is 0. The molecule has 42 heavy (non-hydrogen) atoms. The predicted molar refractivity (Wildman–Crippen MR) is 169 cm³/mol. The Balaban J connectivity index is 1.76. The van der Waals surface area contributed by atoms with Crippen LogP contribution in [0.15, 0.2) is 64.6 Å². The van der Waals surface area contributed by atoms with Crippen LogP contribution in [-0.2, 0) is 6.18 Å². The van der Waals surface area contributed by atoms with Gasteiger partial charge >= 0.3 is 6.18 Å². The maximum absolute atomic E-state index is 13.4. The number of halogens is 3. The molecular formula is C35H43F3N4. The van der Waals surface area contributed by atoms with Gasteiger partial charge in [-0.2, -0.15) is 13.2 Å². The summed E-state index contributed by atoms with van der Waals surface area (Å²) in [7, 11) is 0. The maximum atomic E-state index is 13.4. The van der Waals surface area contributed by atoms with Gasteiger partial charge in [0.15, 0.2) is 0 Å². The Morgan fingerprint density at radius 2 is 1.31 bits per heavy atom. The largest absolute Gasteiger partial charge is 0.416 e. The molecule has 0 amide bonds. The van der Waals surface area contributed by atoms with E-state index >= 15 is 0 Å². The summed E-state index contributed by atoms with van der Waals surface area (Å²) in [6.45, 7) is 19.1. The molecule has 1 aliphatic heterocycles. The smallest absolute Gasteiger partial charge is 0.342 e. The average molecular weight is 577 g/mol. The minimum absolute atomic E-state index is 0.340. The molecule has 0 radical (unpaired) electrons. The van der Waals surface area contributed by atoms with E-state index in [4.69, 9.17) is 9.98 Å². The van der Waals surface area contributed by atoms with Crippen molar-refractivity contribution in [2.24, 2.45) is 9.98 Å². The molecule has 1 fully saturated rings. The number of alkyl halides is 3. The Hall–Kier alpha value is -3.61. The van der Waals surface area contributed by atoms with E-state index in [-0.39, 0.29) is 0 Å². The fraction of sp³-hybridized carbons (Fsp3) is 0.429. The molecule has 4 rings (SSSR count). The SMILES string of the molecule is CC(=Nc1c(C(C)C)cccc1C(C)C)N1CCCN(C(=Nc2c(C)cc(C)cc2C)c2ccc(C(F)(F)F)cc2)C1. The van der Waals surface area contributed by atoms with Gasteiger partial charge < -0.3 is 9.80 Å². The van der Waals surface area contributed by atoms with Crippen LogP contribution in [0.2, 0.25) is 0 Å². The number of nitrogens with zero attached hydrogens (tertiary/aromatic N) is 4. The average Bonchev–Trinajstić information content (AvgIpc) is 2.92. The number of benzene rings is 3. The van der Waals surface area contributed by atoms with Crippen LogP contribution in [0.3, 0.4) is 0 Å². The van der Waals surface area contributed by atoms with Crippen molar-refractivity contribution in [2.45, 2.75) is 79.8 Å². The van der Waals surface area contributed by atoms with E-state index in [2.05, 4.69) is 74.8 Å². The molecule has 4 nitrogen and oxygen atoms in total. The molecule has 0 unspecified atom stereocenters. The van der Waals surface area contributed by atoms with E-state index in [1.165, 1.54) is 23.3 Å². The minimum Gasteiger partial charge on any atom is -0.342 e. The molecular weight excluding hydrogens is 533 g/mol. The number of aliphatic imine (C=N–C) groups is 2. The summed E-state index contributed by atoms with van der Waals surface area (Å²) in [5.74, 6) is 2.27. The lowest BCUT2D eigenvalue weighted by Crippen LogP contribution is -2.49. The number of hydrogen-bond donors (Lipinski definition) is 0. The van der Waals surface area contributed by atoms with Crippen molar-refractivity contribution in [1.29, 1.82) is 0 Å². The lowest BCUT2D eigenvalue weighted by molar-refractivity contribution is -0.137. The van der Waals surface area contributed by atoms with Gasteiger partial charge in [-0.25, -0.2) is 9.98 Å². The number of rotatable bonds is 5. The third-order valence-electron chi connectivity index (χ3n) is 7.89. The Morgan fingerprint density at radius 3 is 1.83 bits per heavy atom. The topological polar surface area (TPSA) is 31.2 Å². The van der Waals surface area contributed by atoms with Crippen LogP contribution in [0.4, 0.5) is 24.5 Å². The van der Waals surface area contributed by atoms with Gasteiger partial charge in [0, 0.05) is 18.7 Å². The monoisotopic (exact) mass is 576 g/mol. The van der Waals surface area contributed by atoms with Gasteiger partial charge in [-0.05, 0) is 80.3 Å². The second-order valence-corrected chi connectivity index (χ2v) is 12.0. The third kappa shape index (κ3) is 7.05. The van der Waals surface area contributed by atoms with Crippen molar-refractivity contribution in [2.75, 3.05) is 19.8 Å². The summed E-state index contributed by atoms with van der Waals surface area (Å²) >= 11 is 0. The quantitative estimate of drug-likeness (QED) is 0.224. The van der Waals surface area contributed by atoms with Crippen LogP contribution in [0.1, 0.15) is 91.8 Å². The van der Waals surface area contributed by atoms with E-state index in [0.29, 0.717) is 29.9 Å². The zero-order valence-electron chi connectivity index (χ0n) is 26.1. The van der Waals surface area contributed by atoms with Crippen molar-refractivity contribution in [3.8, 4) is 0 Å². The molecule has 0 spiro atoms. The first-order valence-corrected chi connectivity index (χ1v) is 14.8. The van der Waals surface area contributed by atoms with Gasteiger partial charge in [-0.1, -0.05) is 75.7 Å². The van der Waals surface area contributed by atoms with Crippen LogP contribution < -0.4 is 0 Å². The van der Waals surface area contributed by atoms with Crippen LogP contribution in [-0.4, -0.2) is 41.2 Å². The lowest BCUT2D eigenvalue weighted by atomic mass is 9.93. The molecule has 3 aromatic carbocycles. The number of para-hydroxylation sites is 1. The summed E-state index contributed by atoms with van der Waals surface area (Å²) in [6.07, 6.45) is -3.52.